The molecule has 0 radical (unpaired) electrons. The van der Waals surface area contributed by atoms with Crippen LogP contribution in [0.1, 0.15) is 49.2 Å². The molecule has 0 aromatic heterocycles. The van der Waals surface area contributed by atoms with Gasteiger partial charge in [0.1, 0.15) is 5.75 Å². The van der Waals surface area contributed by atoms with Crippen LogP contribution in [0.3, 0.4) is 0 Å². The lowest BCUT2D eigenvalue weighted by atomic mass is 10.1. The number of amides is 2. The highest BCUT2D eigenvalue weighted by atomic mass is 16.5. The molecule has 0 fully saturated rings. The lowest BCUT2D eigenvalue weighted by Gasteiger charge is -2.21. The van der Waals surface area contributed by atoms with Gasteiger partial charge in [-0.05, 0) is 70.9 Å². The lowest BCUT2D eigenvalue weighted by Crippen LogP contribution is -2.40. The zero-order valence-electron chi connectivity index (χ0n) is 16.8. The van der Waals surface area contributed by atoms with Gasteiger partial charge in [-0.1, -0.05) is 24.3 Å². The summed E-state index contributed by atoms with van der Waals surface area (Å²) < 4.78 is 5.86. The summed E-state index contributed by atoms with van der Waals surface area (Å²) in [6.07, 6.45) is -0.670. The summed E-state index contributed by atoms with van der Waals surface area (Å²) in [7, 11) is 0. The summed E-state index contributed by atoms with van der Waals surface area (Å²) in [4.78, 5) is 24.8. The number of benzene rings is 2. The molecule has 0 aliphatic rings. The molecule has 2 rings (SSSR count). The largest absolute Gasteiger partial charge is 0.480 e. The summed E-state index contributed by atoms with van der Waals surface area (Å²) in [5.41, 5.74) is 2.68. The fourth-order valence-corrected chi connectivity index (χ4v) is 2.61. The average Bonchev–Trinajstić information content (AvgIpc) is 2.57. The second-order valence-electron chi connectivity index (χ2n) is 7.76. The van der Waals surface area contributed by atoms with Gasteiger partial charge in [-0.3, -0.25) is 9.59 Å². The summed E-state index contributed by atoms with van der Waals surface area (Å²) >= 11 is 0. The molecule has 5 nitrogen and oxygen atoms in total. The van der Waals surface area contributed by atoms with Gasteiger partial charge in [-0.15, -0.1) is 0 Å². The predicted molar refractivity (Wildman–Crippen MR) is 108 cm³/mol. The van der Waals surface area contributed by atoms with Crippen molar-refractivity contribution in [1.29, 1.82) is 0 Å². The van der Waals surface area contributed by atoms with Crippen LogP contribution in [0.15, 0.2) is 42.5 Å². The van der Waals surface area contributed by atoms with Gasteiger partial charge in [0.25, 0.3) is 11.8 Å². The first-order valence-electron chi connectivity index (χ1n) is 9.03. The van der Waals surface area contributed by atoms with Crippen molar-refractivity contribution in [2.75, 3.05) is 5.32 Å². The van der Waals surface area contributed by atoms with Gasteiger partial charge in [0, 0.05) is 16.8 Å². The van der Waals surface area contributed by atoms with E-state index in [2.05, 4.69) is 10.6 Å². The fraction of sp³-hybridized carbons (Fsp3) is 0.364. The highest BCUT2D eigenvalue weighted by Crippen LogP contribution is 2.24. The maximum Gasteiger partial charge on any atom is 0.265 e. The number of anilines is 1. The van der Waals surface area contributed by atoms with Crippen LogP contribution < -0.4 is 15.4 Å². The fourth-order valence-electron chi connectivity index (χ4n) is 2.61. The molecule has 0 aliphatic heterocycles. The number of carbonyl (C=O) groups excluding carboxylic acids is 2. The van der Waals surface area contributed by atoms with Crippen molar-refractivity contribution in [1.82, 2.24) is 5.32 Å². The van der Waals surface area contributed by atoms with E-state index in [1.165, 1.54) is 0 Å². The van der Waals surface area contributed by atoms with Crippen molar-refractivity contribution in [2.45, 2.75) is 53.2 Å². The van der Waals surface area contributed by atoms with E-state index in [4.69, 9.17) is 4.74 Å². The van der Waals surface area contributed by atoms with Crippen molar-refractivity contribution >= 4 is 17.5 Å². The van der Waals surface area contributed by atoms with Crippen LogP contribution in [0.25, 0.3) is 0 Å². The molecule has 0 saturated heterocycles. The average molecular weight is 368 g/mol. The monoisotopic (exact) mass is 368 g/mol. The topological polar surface area (TPSA) is 67.4 Å². The highest BCUT2D eigenvalue weighted by molar-refractivity contribution is 5.98. The number of nitrogens with one attached hydrogen (secondary N) is 2. The second-order valence-corrected chi connectivity index (χ2v) is 7.76. The molecule has 2 N–H and O–H groups in total. The Balaban J connectivity index is 2.07. The van der Waals surface area contributed by atoms with E-state index in [9.17, 15) is 9.59 Å². The van der Waals surface area contributed by atoms with Gasteiger partial charge in [-0.2, -0.15) is 0 Å². The molecule has 27 heavy (non-hydrogen) atoms. The first-order valence-corrected chi connectivity index (χ1v) is 9.03. The van der Waals surface area contributed by atoms with Crippen LogP contribution in [0.4, 0.5) is 5.69 Å². The molecule has 0 heterocycles. The molecule has 1 atom stereocenters. The van der Waals surface area contributed by atoms with Gasteiger partial charge in [-0.25, -0.2) is 0 Å². The van der Waals surface area contributed by atoms with E-state index in [-0.39, 0.29) is 17.4 Å². The second kappa shape index (κ2) is 8.25. The van der Waals surface area contributed by atoms with E-state index in [1.807, 2.05) is 52.8 Å². The zero-order chi connectivity index (χ0) is 20.2. The molecule has 0 aliphatic carbocycles. The maximum atomic E-state index is 12.5. The van der Waals surface area contributed by atoms with Crippen LogP contribution >= 0.6 is 0 Å². The molecule has 1 unspecified atom stereocenters. The van der Waals surface area contributed by atoms with E-state index >= 15 is 0 Å². The van der Waals surface area contributed by atoms with Crippen LogP contribution in [0, 0.1) is 13.8 Å². The first kappa shape index (κ1) is 20.5. The molecule has 5 heteroatoms. The minimum atomic E-state index is -0.670. The summed E-state index contributed by atoms with van der Waals surface area (Å²) in [5.74, 6) is 0.267. The van der Waals surface area contributed by atoms with E-state index < -0.39 is 6.10 Å². The van der Waals surface area contributed by atoms with E-state index in [0.29, 0.717) is 11.3 Å². The van der Waals surface area contributed by atoms with Crippen LogP contribution in [0.2, 0.25) is 0 Å². The number of hydrogen-bond acceptors (Lipinski definition) is 3. The van der Waals surface area contributed by atoms with Crippen molar-refractivity contribution in [3.05, 3.63) is 59.2 Å². The Bertz CT molecular complexity index is 817. The minimum absolute atomic E-state index is 0.182. The third-order valence-corrected chi connectivity index (χ3v) is 3.95. The lowest BCUT2D eigenvalue weighted by molar-refractivity contribution is -0.122. The predicted octanol–water partition coefficient (Wildman–Crippen LogP) is 4.24. The Labute approximate surface area is 161 Å². The third-order valence-electron chi connectivity index (χ3n) is 3.95. The number of para-hydroxylation sites is 1. The minimum Gasteiger partial charge on any atom is -0.480 e. The smallest absolute Gasteiger partial charge is 0.265 e. The summed E-state index contributed by atoms with van der Waals surface area (Å²) in [6, 6.07) is 12.7. The van der Waals surface area contributed by atoms with E-state index in [0.717, 1.165) is 16.9 Å². The molecule has 0 bridgehead atoms. The van der Waals surface area contributed by atoms with Gasteiger partial charge in [0.2, 0.25) is 0 Å². The maximum absolute atomic E-state index is 12.5. The van der Waals surface area contributed by atoms with Crippen molar-refractivity contribution in [3.63, 3.8) is 0 Å². The van der Waals surface area contributed by atoms with Crippen LogP contribution in [-0.4, -0.2) is 23.5 Å². The Morgan fingerprint density at radius 1 is 1.00 bits per heavy atom. The number of ether oxygens (including phenoxy) is 1. The molecular formula is C22H28N2O3. The SMILES string of the molecule is Cc1cccc(C)c1OC(C)C(=O)Nc1cccc(C(=O)NC(C)(C)C)c1. The molecule has 0 spiro atoms. The standard InChI is InChI=1S/C22H28N2O3/c1-14-9-7-10-15(2)19(14)27-16(3)20(25)23-18-12-8-11-17(13-18)21(26)24-22(4,5)6/h7-13,16H,1-6H3,(H,23,25)(H,24,26). The van der Waals surface area contributed by atoms with Crippen molar-refractivity contribution in [3.8, 4) is 5.75 Å². The quantitative estimate of drug-likeness (QED) is 0.829. The number of hydrogen-bond donors (Lipinski definition) is 2. The Morgan fingerprint density at radius 3 is 2.19 bits per heavy atom. The summed E-state index contributed by atoms with van der Waals surface area (Å²) in [6.45, 7) is 11.4. The van der Waals surface area contributed by atoms with Crippen LogP contribution in [0.5, 0.6) is 5.75 Å². The van der Waals surface area contributed by atoms with Gasteiger partial charge in [0.15, 0.2) is 6.10 Å². The van der Waals surface area contributed by atoms with E-state index in [1.54, 1.807) is 31.2 Å². The van der Waals surface area contributed by atoms with Gasteiger partial charge < -0.3 is 15.4 Å². The Kier molecular flexibility index (Phi) is 6.26. The molecule has 0 saturated carbocycles. The Morgan fingerprint density at radius 2 is 1.59 bits per heavy atom. The van der Waals surface area contributed by atoms with Crippen LogP contribution in [-0.2, 0) is 4.79 Å². The highest BCUT2D eigenvalue weighted by Gasteiger charge is 2.19. The summed E-state index contributed by atoms with van der Waals surface area (Å²) in [5, 5.41) is 5.72. The van der Waals surface area contributed by atoms with Crippen molar-refractivity contribution in [2.24, 2.45) is 0 Å². The number of carbonyl (C=O) groups is 2. The molecule has 144 valence electrons. The number of aryl methyl sites for hydroxylation is 2. The molecule has 2 amide bonds. The van der Waals surface area contributed by atoms with Crippen molar-refractivity contribution < 1.29 is 14.3 Å². The van der Waals surface area contributed by atoms with Gasteiger partial charge >= 0.3 is 0 Å². The van der Waals surface area contributed by atoms with Gasteiger partial charge in [0.05, 0.1) is 0 Å². The zero-order valence-corrected chi connectivity index (χ0v) is 16.8. The molecular weight excluding hydrogens is 340 g/mol. The third kappa shape index (κ3) is 5.84. The normalized spacial score (nSPS) is 12.2. The molecule has 2 aromatic rings. The first-order chi connectivity index (χ1) is 12.6. The number of rotatable bonds is 5. The Hall–Kier alpha value is -2.82. The molecule has 2 aromatic carbocycles.